The number of benzene rings is 2. The van der Waals surface area contributed by atoms with Crippen molar-refractivity contribution in [1.82, 2.24) is 4.98 Å². The Kier molecular flexibility index (Phi) is 3.90. The molecule has 7 heteroatoms. The summed E-state index contributed by atoms with van der Waals surface area (Å²) in [5.41, 5.74) is 2.16. The summed E-state index contributed by atoms with van der Waals surface area (Å²) in [4.78, 5) is 29.3. The van der Waals surface area contributed by atoms with Crippen LogP contribution < -0.4 is 10.2 Å². The van der Waals surface area contributed by atoms with Crippen LogP contribution in [0.15, 0.2) is 48.7 Å². The van der Waals surface area contributed by atoms with E-state index in [9.17, 15) is 9.59 Å². The van der Waals surface area contributed by atoms with Gasteiger partial charge in [-0.05, 0) is 41.8 Å². The van der Waals surface area contributed by atoms with E-state index >= 15 is 0 Å². The van der Waals surface area contributed by atoms with Gasteiger partial charge in [0.05, 0.1) is 22.2 Å². The highest BCUT2D eigenvalue weighted by Crippen LogP contribution is 2.31. The van der Waals surface area contributed by atoms with Gasteiger partial charge >= 0.3 is 0 Å². The molecule has 0 radical (unpaired) electrons. The number of hydrogen-bond acceptors (Lipinski definition) is 3. The van der Waals surface area contributed by atoms with E-state index in [-0.39, 0.29) is 18.2 Å². The van der Waals surface area contributed by atoms with Gasteiger partial charge < -0.3 is 10.3 Å². The molecule has 4 rings (SSSR count). The van der Waals surface area contributed by atoms with Gasteiger partial charge in [0.1, 0.15) is 6.04 Å². The summed E-state index contributed by atoms with van der Waals surface area (Å²) >= 11 is 11.9. The van der Waals surface area contributed by atoms with Gasteiger partial charge in [-0.1, -0.05) is 29.3 Å². The first-order valence-corrected chi connectivity index (χ1v) is 8.44. The lowest BCUT2D eigenvalue weighted by molar-refractivity contribution is -0.121. The minimum absolute atomic E-state index is 0.0852. The number of halogens is 2. The molecular weight excluding hydrogens is 361 g/mol. The minimum Gasteiger partial charge on any atom is -0.373 e. The molecule has 2 N–H and O–H groups in total. The van der Waals surface area contributed by atoms with Crippen LogP contribution in [-0.2, 0) is 9.59 Å². The first-order valence-electron chi connectivity index (χ1n) is 7.68. The van der Waals surface area contributed by atoms with Crippen LogP contribution in [0, 0.1) is 0 Å². The molecule has 2 amide bonds. The number of nitrogens with zero attached hydrogens (tertiary/aromatic N) is 1. The van der Waals surface area contributed by atoms with Crippen molar-refractivity contribution in [1.29, 1.82) is 0 Å². The lowest BCUT2D eigenvalue weighted by atomic mass is 10.2. The summed E-state index contributed by atoms with van der Waals surface area (Å²) in [6.07, 6.45) is 1.94. The SMILES string of the molecule is O=C1C[C@@H](Nc2ccc3cc[nH]c3c2)C(=O)N1c1ccc(Cl)c(Cl)c1. The number of amides is 2. The van der Waals surface area contributed by atoms with Crippen LogP contribution >= 0.6 is 23.2 Å². The molecule has 5 nitrogen and oxygen atoms in total. The predicted octanol–water partition coefficient (Wildman–Crippen LogP) is 4.22. The molecule has 0 unspecified atom stereocenters. The standard InChI is InChI=1S/C18H13Cl2N3O2/c19-13-4-3-12(8-14(13)20)23-17(24)9-16(18(23)25)22-11-2-1-10-5-6-21-15(10)7-11/h1-8,16,21-22H,9H2/t16-/m1/s1. The zero-order valence-corrected chi connectivity index (χ0v) is 14.4. The second-order valence-corrected chi connectivity index (χ2v) is 6.66. The quantitative estimate of drug-likeness (QED) is 0.675. The number of rotatable bonds is 3. The first-order chi connectivity index (χ1) is 12.0. The second-order valence-electron chi connectivity index (χ2n) is 5.85. The Labute approximate surface area is 153 Å². The number of imide groups is 1. The second kappa shape index (κ2) is 6.10. The Hall–Kier alpha value is -2.50. The molecule has 1 aromatic heterocycles. The predicted molar refractivity (Wildman–Crippen MR) is 99.3 cm³/mol. The number of H-pyrrole nitrogens is 1. The fourth-order valence-electron chi connectivity index (χ4n) is 2.98. The van der Waals surface area contributed by atoms with Crippen LogP contribution in [0.4, 0.5) is 11.4 Å². The third kappa shape index (κ3) is 2.86. The monoisotopic (exact) mass is 373 g/mol. The van der Waals surface area contributed by atoms with E-state index in [1.54, 1.807) is 12.1 Å². The maximum absolute atomic E-state index is 12.7. The van der Waals surface area contributed by atoms with Gasteiger partial charge in [0.25, 0.3) is 5.91 Å². The Morgan fingerprint density at radius 2 is 1.88 bits per heavy atom. The van der Waals surface area contributed by atoms with E-state index in [0.29, 0.717) is 15.7 Å². The number of fused-ring (bicyclic) bond motifs is 1. The maximum atomic E-state index is 12.7. The molecule has 0 saturated carbocycles. The smallest absolute Gasteiger partial charge is 0.256 e. The van der Waals surface area contributed by atoms with Gasteiger partial charge in [-0.15, -0.1) is 0 Å². The van der Waals surface area contributed by atoms with Gasteiger partial charge in [-0.25, -0.2) is 4.90 Å². The summed E-state index contributed by atoms with van der Waals surface area (Å²) in [6, 6.07) is 11.8. The van der Waals surface area contributed by atoms with Gasteiger partial charge in [0, 0.05) is 17.4 Å². The van der Waals surface area contributed by atoms with Crippen molar-refractivity contribution >= 4 is 57.3 Å². The van der Waals surface area contributed by atoms with Crippen LogP contribution in [0.2, 0.25) is 10.0 Å². The summed E-state index contributed by atoms with van der Waals surface area (Å²) in [5.74, 6) is -0.586. The summed E-state index contributed by atoms with van der Waals surface area (Å²) in [5, 5.41) is 4.89. The number of anilines is 2. The fourth-order valence-corrected chi connectivity index (χ4v) is 3.27. The van der Waals surface area contributed by atoms with E-state index in [2.05, 4.69) is 10.3 Å². The van der Waals surface area contributed by atoms with Gasteiger partial charge in [-0.2, -0.15) is 0 Å². The van der Waals surface area contributed by atoms with Crippen molar-refractivity contribution in [2.75, 3.05) is 10.2 Å². The summed E-state index contributed by atoms with van der Waals surface area (Å²) < 4.78 is 0. The van der Waals surface area contributed by atoms with Gasteiger partial charge in [0.15, 0.2) is 0 Å². The zero-order chi connectivity index (χ0) is 17.6. The molecule has 0 bridgehead atoms. The third-order valence-electron chi connectivity index (χ3n) is 4.20. The first kappa shape index (κ1) is 16.0. The Bertz CT molecular complexity index is 999. The number of aromatic amines is 1. The number of hydrogen-bond donors (Lipinski definition) is 2. The molecule has 1 atom stereocenters. The molecule has 0 spiro atoms. The largest absolute Gasteiger partial charge is 0.373 e. The van der Waals surface area contributed by atoms with E-state index < -0.39 is 6.04 Å². The molecule has 1 aliphatic rings. The third-order valence-corrected chi connectivity index (χ3v) is 4.94. The minimum atomic E-state index is -0.616. The van der Waals surface area contributed by atoms with Crippen LogP contribution in [-0.4, -0.2) is 22.8 Å². The summed E-state index contributed by atoms with van der Waals surface area (Å²) in [7, 11) is 0. The number of carbonyl (C=O) groups is 2. The van der Waals surface area contributed by atoms with Crippen molar-refractivity contribution < 1.29 is 9.59 Å². The highest BCUT2D eigenvalue weighted by Gasteiger charge is 2.39. The van der Waals surface area contributed by atoms with Gasteiger partial charge in [0.2, 0.25) is 5.91 Å². The maximum Gasteiger partial charge on any atom is 0.256 e. The van der Waals surface area contributed by atoms with Crippen molar-refractivity contribution in [3.8, 4) is 0 Å². The van der Waals surface area contributed by atoms with Crippen LogP contribution in [0.25, 0.3) is 10.9 Å². The topological polar surface area (TPSA) is 65.2 Å². The van der Waals surface area contributed by atoms with Crippen LogP contribution in [0.5, 0.6) is 0 Å². The molecule has 126 valence electrons. The fraction of sp³-hybridized carbons (Fsp3) is 0.111. The molecule has 3 aromatic rings. The molecular formula is C18H13Cl2N3O2. The normalized spacial score (nSPS) is 17.5. The lowest BCUT2D eigenvalue weighted by Crippen LogP contribution is -2.34. The van der Waals surface area contributed by atoms with Crippen molar-refractivity contribution in [3.05, 3.63) is 58.7 Å². The van der Waals surface area contributed by atoms with Crippen LogP contribution in [0.1, 0.15) is 6.42 Å². The lowest BCUT2D eigenvalue weighted by Gasteiger charge is -2.16. The molecule has 25 heavy (non-hydrogen) atoms. The Balaban J connectivity index is 1.58. The molecule has 1 saturated heterocycles. The number of nitrogens with one attached hydrogen (secondary N) is 2. The highest BCUT2D eigenvalue weighted by atomic mass is 35.5. The molecule has 1 fully saturated rings. The van der Waals surface area contributed by atoms with Crippen molar-refractivity contribution in [2.45, 2.75) is 12.5 Å². The average molecular weight is 374 g/mol. The highest BCUT2D eigenvalue weighted by molar-refractivity contribution is 6.42. The summed E-state index contributed by atoms with van der Waals surface area (Å²) in [6.45, 7) is 0. The number of carbonyl (C=O) groups excluding carboxylic acids is 2. The number of aromatic nitrogens is 1. The Morgan fingerprint density at radius 1 is 1.04 bits per heavy atom. The van der Waals surface area contributed by atoms with Crippen LogP contribution in [0.3, 0.4) is 0 Å². The van der Waals surface area contributed by atoms with E-state index in [1.165, 1.54) is 6.07 Å². The van der Waals surface area contributed by atoms with E-state index in [0.717, 1.165) is 21.5 Å². The zero-order valence-electron chi connectivity index (χ0n) is 12.9. The van der Waals surface area contributed by atoms with E-state index in [4.69, 9.17) is 23.2 Å². The van der Waals surface area contributed by atoms with E-state index in [1.807, 2.05) is 30.5 Å². The van der Waals surface area contributed by atoms with Crippen molar-refractivity contribution in [3.63, 3.8) is 0 Å². The van der Waals surface area contributed by atoms with Crippen molar-refractivity contribution in [2.24, 2.45) is 0 Å². The Morgan fingerprint density at radius 3 is 2.68 bits per heavy atom. The van der Waals surface area contributed by atoms with Gasteiger partial charge in [-0.3, -0.25) is 9.59 Å². The molecule has 2 aromatic carbocycles. The molecule has 2 heterocycles. The molecule has 1 aliphatic heterocycles. The average Bonchev–Trinajstić information content (AvgIpc) is 3.15. The molecule has 0 aliphatic carbocycles.